The third kappa shape index (κ3) is 4.61. The molecule has 0 aromatic carbocycles. The van der Waals surface area contributed by atoms with Crippen molar-refractivity contribution in [3.05, 3.63) is 0 Å². The van der Waals surface area contributed by atoms with Crippen molar-refractivity contribution in [1.82, 2.24) is 15.1 Å². The fourth-order valence-corrected chi connectivity index (χ4v) is 2.76. The standard InChI is InChI=1S/C15H27N3/c1-2-17-11-6-15(7-12-17)5-3-4-10-18-13-8-16-9-14-18/h15-16H,2,5-14H2,1H3. The predicted molar refractivity (Wildman–Crippen MR) is 76.5 cm³/mol. The fraction of sp³-hybridized carbons (Fsp3) is 0.867. The van der Waals surface area contributed by atoms with Crippen molar-refractivity contribution in [3.8, 4) is 11.8 Å². The Morgan fingerprint density at radius 3 is 2.39 bits per heavy atom. The number of hydrogen-bond acceptors (Lipinski definition) is 3. The Labute approximate surface area is 112 Å². The smallest absolute Gasteiger partial charge is 0.0602 e. The molecule has 3 heteroatoms. The monoisotopic (exact) mass is 249 g/mol. The first kappa shape index (κ1) is 13.9. The summed E-state index contributed by atoms with van der Waals surface area (Å²) in [5, 5.41) is 3.37. The van der Waals surface area contributed by atoms with Crippen molar-refractivity contribution < 1.29 is 0 Å². The van der Waals surface area contributed by atoms with Crippen LogP contribution in [0.4, 0.5) is 0 Å². The normalized spacial score (nSPS) is 23.6. The van der Waals surface area contributed by atoms with E-state index in [4.69, 9.17) is 0 Å². The highest BCUT2D eigenvalue weighted by molar-refractivity contribution is 5.03. The van der Waals surface area contributed by atoms with Gasteiger partial charge in [-0.3, -0.25) is 4.90 Å². The van der Waals surface area contributed by atoms with Crippen molar-refractivity contribution >= 4 is 0 Å². The molecule has 18 heavy (non-hydrogen) atoms. The zero-order valence-corrected chi connectivity index (χ0v) is 11.7. The van der Waals surface area contributed by atoms with Crippen molar-refractivity contribution in [3.63, 3.8) is 0 Å². The molecular formula is C15H27N3. The number of piperidine rings is 1. The van der Waals surface area contributed by atoms with E-state index < -0.39 is 0 Å². The number of rotatable bonds is 3. The molecule has 0 atom stereocenters. The van der Waals surface area contributed by atoms with E-state index in [1.807, 2.05) is 0 Å². The van der Waals surface area contributed by atoms with Gasteiger partial charge in [0.25, 0.3) is 0 Å². The minimum atomic E-state index is 0.850. The van der Waals surface area contributed by atoms with E-state index in [1.54, 1.807) is 0 Å². The molecule has 102 valence electrons. The van der Waals surface area contributed by atoms with E-state index in [1.165, 1.54) is 32.5 Å². The molecule has 0 bridgehead atoms. The van der Waals surface area contributed by atoms with Crippen LogP contribution in [-0.2, 0) is 0 Å². The molecule has 2 heterocycles. The van der Waals surface area contributed by atoms with Crippen molar-refractivity contribution in [2.75, 3.05) is 52.4 Å². The molecule has 2 aliphatic heterocycles. The molecule has 0 unspecified atom stereocenters. The molecule has 0 amide bonds. The molecular weight excluding hydrogens is 222 g/mol. The highest BCUT2D eigenvalue weighted by Crippen LogP contribution is 2.19. The zero-order valence-electron chi connectivity index (χ0n) is 11.7. The van der Waals surface area contributed by atoms with Gasteiger partial charge in [0.05, 0.1) is 6.54 Å². The lowest BCUT2D eigenvalue weighted by atomic mass is 9.94. The average Bonchev–Trinajstić information content (AvgIpc) is 2.45. The van der Waals surface area contributed by atoms with Gasteiger partial charge in [0.15, 0.2) is 0 Å². The molecule has 0 aliphatic carbocycles. The predicted octanol–water partition coefficient (Wildman–Crippen LogP) is 1.02. The number of hydrogen-bond donors (Lipinski definition) is 1. The molecule has 0 radical (unpaired) electrons. The molecule has 3 nitrogen and oxygen atoms in total. The van der Waals surface area contributed by atoms with Crippen LogP contribution >= 0.6 is 0 Å². The Hall–Kier alpha value is -0.560. The van der Waals surface area contributed by atoms with Crippen LogP contribution in [0.3, 0.4) is 0 Å². The van der Waals surface area contributed by atoms with Crippen LogP contribution in [0, 0.1) is 17.8 Å². The van der Waals surface area contributed by atoms with Gasteiger partial charge in [-0.05, 0) is 38.4 Å². The van der Waals surface area contributed by atoms with Gasteiger partial charge in [0.1, 0.15) is 0 Å². The Morgan fingerprint density at radius 2 is 1.72 bits per heavy atom. The molecule has 2 fully saturated rings. The van der Waals surface area contributed by atoms with E-state index in [2.05, 4.69) is 33.9 Å². The van der Waals surface area contributed by atoms with Crippen LogP contribution in [0.15, 0.2) is 0 Å². The maximum absolute atomic E-state index is 3.40. The average molecular weight is 249 g/mol. The Bertz CT molecular complexity index is 278. The second-order valence-corrected chi connectivity index (χ2v) is 5.46. The fourth-order valence-electron chi connectivity index (χ4n) is 2.76. The number of likely N-dealkylation sites (tertiary alicyclic amines) is 1. The molecule has 0 saturated carbocycles. The van der Waals surface area contributed by atoms with Gasteiger partial charge < -0.3 is 10.2 Å². The van der Waals surface area contributed by atoms with Gasteiger partial charge in [-0.15, -0.1) is 5.92 Å². The summed E-state index contributed by atoms with van der Waals surface area (Å²) in [6, 6.07) is 0. The van der Waals surface area contributed by atoms with E-state index in [9.17, 15) is 0 Å². The first-order valence-corrected chi connectivity index (χ1v) is 7.49. The summed E-state index contributed by atoms with van der Waals surface area (Å²) < 4.78 is 0. The maximum atomic E-state index is 3.40. The van der Waals surface area contributed by atoms with Crippen LogP contribution in [0.5, 0.6) is 0 Å². The van der Waals surface area contributed by atoms with E-state index in [0.29, 0.717) is 0 Å². The summed E-state index contributed by atoms with van der Waals surface area (Å²) in [7, 11) is 0. The molecule has 1 N–H and O–H groups in total. The number of nitrogens with zero attached hydrogens (tertiary/aromatic N) is 2. The topological polar surface area (TPSA) is 18.5 Å². The highest BCUT2D eigenvalue weighted by atomic mass is 15.2. The lowest BCUT2D eigenvalue weighted by Gasteiger charge is -2.30. The van der Waals surface area contributed by atoms with Crippen molar-refractivity contribution in [2.45, 2.75) is 26.2 Å². The minimum absolute atomic E-state index is 0.850. The molecule has 2 saturated heterocycles. The quantitative estimate of drug-likeness (QED) is 0.753. The lowest BCUT2D eigenvalue weighted by molar-refractivity contribution is 0.194. The molecule has 0 spiro atoms. The van der Waals surface area contributed by atoms with Gasteiger partial charge >= 0.3 is 0 Å². The molecule has 0 aromatic rings. The first-order valence-electron chi connectivity index (χ1n) is 7.49. The number of nitrogens with one attached hydrogen (secondary N) is 1. The summed E-state index contributed by atoms with van der Waals surface area (Å²) in [4.78, 5) is 4.99. The Kier molecular flexibility index (Phi) is 5.99. The summed E-state index contributed by atoms with van der Waals surface area (Å²) in [5.41, 5.74) is 0. The third-order valence-electron chi connectivity index (χ3n) is 4.18. The summed E-state index contributed by atoms with van der Waals surface area (Å²) in [6.07, 6.45) is 3.80. The zero-order chi connectivity index (χ0) is 12.6. The summed E-state index contributed by atoms with van der Waals surface area (Å²) >= 11 is 0. The SMILES string of the molecule is CCN1CCC(CC#CCN2CCNCC2)CC1. The summed E-state index contributed by atoms with van der Waals surface area (Å²) in [5.74, 6) is 7.62. The Balaban J connectivity index is 1.60. The van der Waals surface area contributed by atoms with Gasteiger partial charge in [-0.25, -0.2) is 0 Å². The molecule has 0 aromatic heterocycles. The minimum Gasteiger partial charge on any atom is -0.314 e. The van der Waals surface area contributed by atoms with E-state index in [-0.39, 0.29) is 0 Å². The second kappa shape index (κ2) is 7.78. The van der Waals surface area contributed by atoms with Crippen LogP contribution in [0.2, 0.25) is 0 Å². The van der Waals surface area contributed by atoms with Crippen LogP contribution < -0.4 is 5.32 Å². The first-order chi connectivity index (χ1) is 8.88. The largest absolute Gasteiger partial charge is 0.314 e. The third-order valence-corrected chi connectivity index (χ3v) is 4.18. The summed E-state index contributed by atoms with van der Waals surface area (Å²) in [6.45, 7) is 11.5. The Morgan fingerprint density at radius 1 is 1.00 bits per heavy atom. The van der Waals surface area contributed by atoms with E-state index in [0.717, 1.165) is 45.1 Å². The molecule has 2 aliphatic rings. The van der Waals surface area contributed by atoms with Crippen LogP contribution in [0.1, 0.15) is 26.2 Å². The maximum Gasteiger partial charge on any atom is 0.0602 e. The van der Waals surface area contributed by atoms with Gasteiger partial charge in [-0.2, -0.15) is 0 Å². The van der Waals surface area contributed by atoms with E-state index >= 15 is 0 Å². The second-order valence-electron chi connectivity index (χ2n) is 5.46. The van der Waals surface area contributed by atoms with Crippen molar-refractivity contribution in [2.24, 2.45) is 5.92 Å². The van der Waals surface area contributed by atoms with Crippen LogP contribution in [-0.4, -0.2) is 62.2 Å². The van der Waals surface area contributed by atoms with Gasteiger partial charge in [0, 0.05) is 32.6 Å². The molecule has 2 rings (SSSR count). The van der Waals surface area contributed by atoms with Crippen molar-refractivity contribution in [1.29, 1.82) is 0 Å². The van der Waals surface area contributed by atoms with Crippen LogP contribution in [0.25, 0.3) is 0 Å². The van der Waals surface area contributed by atoms with Gasteiger partial charge in [0.2, 0.25) is 0 Å². The lowest BCUT2D eigenvalue weighted by Crippen LogP contribution is -2.43. The highest BCUT2D eigenvalue weighted by Gasteiger charge is 2.16. The van der Waals surface area contributed by atoms with Gasteiger partial charge in [-0.1, -0.05) is 12.8 Å². The number of piperazine rings is 1.